The van der Waals surface area contributed by atoms with Crippen LogP contribution >= 0.6 is 11.3 Å². The number of carbonyl (C=O) groups excluding carboxylic acids is 1. The van der Waals surface area contributed by atoms with Crippen molar-refractivity contribution in [3.8, 4) is 0 Å². The molecule has 3 heterocycles. The van der Waals surface area contributed by atoms with Crippen molar-refractivity contribution in [3.63, 3.8) is 0 Å². The molecule has 104 valence electrons. The maximum absolute atomic E-state index is 12.4. The number of carbonyl (C=O) groups is 1. The molecule has 2 aliphatic rings. The van der Waals surface area contributed by atoms with E-state index in [4.69, 9.17) is 9.47 Å². The third-order valence-electron chi connectivity index (χ3n) is 3.73. The van der Waals surface area contributed by atoms with Crippen LogP contribution in [0.3, 0.4) is 0 Å². The molecule has 0 aromatic carbocycles. The molecule has 1 spiro atoms. The van der Waals surface area contributed by atoms with Crippen molar-refractivity contribution in [2.24, 2.45) is 0 Å². The summed E-state index contributed by atoms with van der Waals surface area (Å²) in [4.78, 5) is 19.6. The summed E-state index contributed by atoms with van der Waals surface area (Å²) in [6.07, 6.45) is 1.50. The number of likely N-dealkylation sites (tertiary alicyclic amines) is 1. The molecule has 0 atom stereocenters. The number of ether oxygens (including phenoxy) is 2. The molecule has 5 nitrogen and oxygen atoms in total. The molecule has 3 rings (SSSR count). The zero-order valence-electron chi connectivity index (χ0n) is 11.3. The summed E-state index contributed by atoms with van der Waals surface area (Å²) >= 11 is 1.57. The average Bonchev–Trinajstić information content (AvgIpc) is 2.97. The highest BCUT2D eigenvalue weighted by molar-refractivity contribution is 7.11. The van der Waals surface area contributed by atoms with E-state index in [9.17, 15) is 4.79 Å². The second-order valence-corrected chi connectivity index (χ2v) is 6.44. The Hall–Kier alpha value is -0.980. The Labute approximate surface area is 116 Å². The van der Waals surface area contributed by atoms with Crippen LogP contribution in [0.5, 0.6) is 0 Å². The van der Waals surface area contributed by atoms with Gasteiger partial charge >= 0.3 is 0 Å². The molecule has 1 aromatic rings. The second kappa shape index (κ2) is 4.85. The second-order valence-electron chi connectivity index (χ2n) is 5.04. The number of nitrogens with zero attached hydrogens (tertiary/aromatic N) is 2. The standard InChI is InChI=1S/C13H18N2O3S/c1-9-11(14-10(2)19-9)12(16)15-5-3-13(4-6-15)17-7-8-18-13/h3-8H2,1-2H3. The number of rotatable bonds is 1. The lowest BCUT2D eigenvalue weighted by Gasteiger charge is -2.37. The molecule has 0 aliphatic carbocycles. The van der Waals surface area contributed by atoms with Gasteiger partial charge in [0, 0.05) is 30.8 Å². The van der Waals surface area contributed by atoms with Crippen LogP contribution in [0.1, 0.15) is 33.2 Å². The van der Waals surface area contributed by atoms with Gasteiger partial charge in [-0.3, -0.25) is 4.79 Å². The van der Waals surface area contributed by atoms with Gasteiger partial charge in [0.05, 0.1) is 18.2 Å². The van der Waals surface area contributed by atoms with Gasteiger partial charge < -0.3 is 14.4 Å². The molecule has 0 bridgehead atoms. The predicted octanol–water partition coefficient (Wildman–Crippen LogP) is 1.74. The molecule has 0 unspecified atom stereocenters. The molecule has 6 heteroatoms. The van der Waals surface area contributed by atoms with Crippen molar-refractivity contribution in [2.45, 2.75) is 32.5 Å². The van der Waals surface area contributed by atoms with Gasteiger partial charge in [-0.05, 0) is 13.8 Å². The van der Waals surface area contributed by atoms with Gasteiger partial charge in [0.2, 0.25) is 0 Å². The average molecular weight is 282 g/mol. The Bertz CT molecular complexity index is 484. The topological polar surface area (TPSA) is 51.7 Å². The molecule has 2 fully saturated rings. The third-order valence-corrected chi connectivity index (χ3v) is 4.62. The summed E-state index contributed by atoms with van der Waals surface area (Å²) in [6, 6.07) is 0. The molecular formula is C13H18N2O3S. The van der Waals surface area contributed by atoms with Gasteiger partial charge in [0.1, 0.15) is 5.69 Å². The molecular weight excluding hydrogens is 264 g/mol. The lowest BCUT2D eigenvalue weighted by atomic mass is 10.0. The van der Waals surface area contributed by atoms with E-state index in [2.05, 4.69) is 4.98 Å². The normalized spacial score (nSPS) is 22.1. The van der Waals surface area contributed by atoms with Crippen LogP contribution in [0.4, 0.5) is 0 Å². The van der Waals surface area contributed by atoms with Crippen LogP contribution in [0, 0.1) is 13.8 Å². The number of hydrogen-bond donors (Lipinski definition) is 0. The number of aryl methyl sites for hydroxylation is 2. The van der Waals surface area contributed by atoms with E-state index in [-0.39, 0.29) is 5.91 Å². The van der Waals surface area contributed by atoms with Crippen LogP contribution in [-0.4, -0.2) is 47.9 Å². The maximum atomic E-state index is 12.4. The highest BCUT2D eigenvalue weighted by Gasteiger charge is 2.41. The summed E-state index contributed by atoms with van der Waals surface area (Å²) in [5.41, 5.74) is 0.603. The summed E-state index contributed by atoms with van der Waals surface area (Å²) in [5, 5.41) is 0.941. The third kappa shape index (κ3) is 2.40. The Kier molecular flexibility index (Phi) is 3.32. The van der Waals surface area contributed by atoms with Crippen LogP contribution < -0.4 is 0 Å². The number of thiazole rings is 1. The van der Waals surface area contributed by atoms with Crippen molar-refractivity contribution in [2.75, 3.05) is 26.3 Å². The van der Waals surface area contributed by atoms with Gasteiger partial charge in [0.15, 0.2) is 5.79 Å². The highest BCUT2D eigenvalue weighted by Crippen LogP contribution is 2.32. The van der Waals surface area contributed by atoms with E-state index in [1.165, 1.54) is 0 Å². The highest BCUT2D eigenvalue weighted by atomic mass is 32.1. The summed E-state index contributed by atoms with van der Waals surface area (Å²) in [7, 11) is 0. The molecule has 0 radical (unpaired) electrons. The minimum atomic E-state index is -0.427. The number of piperidine rings is 1. The predicted molar refractivity (Wildman–Crippen MR) is 71.4 cm³/mol. The van der Waals surface area contributed by atoms with Crippen molar-refractivity contribution < 1.29 is 14.3 Å². The van der Waals surface area contributed by atoms with Gasteiger partial charge in [0.25, 0.3) is 5.91 Å². The summed E-state index contributed by atoms with van der Waals surface area (Å²) in [5.74, 6) is -0.390. The van der Waals surface area contributed by atoms with Crippen LogP contribution in [0.15, 0.2) is 0 Å². The monoisotopic (exact) mass is 282 g/mol. The Morgan fingerprint density at radius 2 is 1.89 bits per heavy atom. The minimum Gasteiger partial charge on any atom is -0.347 e. The quantitative estimate of drug-likeness (QED) is 0.787. The Morgan fingerprint density at radius 1 is 1.26 bits per heavy atom. The van der Waals surface area contributed by atoms with Crippen molar-refractivity contribution in [3.05, 3.63) is 15.6 Å². The fraction of sp³-hybridized carbons (Fsp3) is 0.692. The van der Waals surface area contributed by atoms with Gasteiger partial charge in [-0.25, -0.2) is 4.98 Å². The van der Waals surface area contributed by atoms with Crippen LogP contribution in [0.25, 0.3) is 0 Å². The first-order chi connectivity index (χ1) is 9.10. The summed E-state index contributed by atoms with van der Waals surface area (Å²) < 4.78 is 11.3. The zero-order valence-corrected chi connectivity index (χ0v) is 12.1. The smallest absolute Gasteiger partial charge is 0.273 e. The summed E-state index contributed by atoms with van der Waals surface area (Å²) in [6.45, 7) is 6.56. The lowest BCUT2D eigenvalue weighted by Crippen LogP contribution is -2.47. The molecule has 0 saturated carbocycles. The minimum absolute atomic E-state index is 0.0368. The van der Waals surface area contributed by atoms with Crippen molar-refractivity contribution >= 4 is 17.2 Å². The molecule has 0 N–H and O–H groups in total. The van der Waals surface area contributed by atoms with E-state index in [1.807, 2.05) is 18.7 Å². The van der Waals surface area contributed by atoms with Crippen LogP contribution in [0.2, 0.25) is 0 Å². The van der Waals surface area contributed by atoms with Crippen molar-refractivity contribution in [1.82, 2.24) is 9.88 Å². The molecule has 2 aliphatic heterocycles. The molecule has 1 aromatic heterocycles. The van der Waals surface area contributed by atoms with Crippen molar-refractivity contribution in [1.29, 1.82) is 0 Å². The Balaban J connectivity index is 1.68. The first kappa shape index (κ1) is 13.0. The first-order valence-electron chi connectivity index (χ1n) is 6.61. The van der Waals surface area contributed by atoms with Crippen LogP contribution in [-0.2, 0) is 9.47 Å². The Morgan fingerprint density at radius 3 is 2.42 bits per heavy atom. The fourth-order valence-electron chi connectivity index (χ4n) is 2.71. The number of hydrogen-bond acceptors (Lipinski definition) is 5. The first-order valence-corrected chi connectivity index (χ1v) is 7.42. The molecule has 19 heavy (non-hydrogen) atoms. The van der Waals surface area contributed by atoms with Gasteiger partial charge in [-0.1, -0.05) is 0 Å². The maximum Gasteiger partial charge on any atom is 0.273 e. The van der Waals surface area contributed by atoms with Gasteiger partial charge in [-0.15, -0.1) is 11.3 Å². The fourth-order valence-corrected chi connectivity index (χ4v) is 3.52. The largest absolute Gasteiger partial charge is 0.347 e. The molecule has 2 saturated heterocycles. The van der Waals surface area contributed by atoms with E-state index in [1.54, 1.807) is 11.3 Å². The van der Waals surface area contributed by atoms with E-state index < -0.39 is 5.79 Å². The lowest BCUT2D eigenvalue weighted by molar-refractivity contribution is -0.181. The zero-order chi connectivity index (χ0) is 13.5. The van der Waals surface area contributed by atoms with Gasteiger partial charge in [-0.2, -0.15) is 0 Å². The molecule has 1 amide bonds. The van der Waals surface area contributed by atoms with E-state index >= 15 is 0 Å². The van der Waals surface area contributed by atoms with E-state index in [0.717, 1.165) is 22.7 Å². The SMILES string of the molecule is Cc1nc(C(=O)N2CCC3(CC2)OCCO3)c(C)s1. The number of amides is 1. The number of aromatic nitrogens is 1. The van der Waals surface area contributed by atoms with E-state index in [0.29, 0.717) is 32.0 Å².